The number of rotatable bonds is 4. The van der Waals surface area contributed by atoms with Gasteiger partial charge in [-0.1, -0.05) is 12.1 Å². The minimum atomic E-state index is -0.238. The van der Waals surface area contributed by atoms with Crippen LogP contribution in [0.5, 0.6) is 5.75 Å². The molecule has 1 rings (SSSR count). The van der Waals surface area contributed by atoms with E-state index in [1.165, 1.54) is 0 Å². The van der Waals surface area contributed by atoms with E-state index in [1.54, 1.807) is 12.1 Å². The Morgan fingerprint density at radius 3 is 2.33 bits per heavy atom. The van der Waals surface area contributed by atoms with Gasteiger partial charge in [0.2, 0.25) is 0 Å². The summed E-state index contributed by atoms with van der Waals surface area (Å²) in [6.45, 7) is -0.238. The highest BCUT2D eigenvalue weighted by atomic mass is 19.1. The third kappa shape index (κ3) is 2.91. The summed E-state index contributed by atoms with van der Waals surface area (Å²) in [5.74, 6) is 0.282. The number of aryl methyl sites for hydroxylation is 1. The van der Waals surface area contributed by atoms with Crippen LogP contribution in [0.25, 0.3) is 0 Å². The van der Waals surface area contributed by atoms with Crippen LogP contribution in [0.4, 0.5) is 4.39 Å². The van der Waals surface area contributed by atoms with E-state index in [9.17, 15) is 4.39 Å². The molecule has 2 heteroatoms. The van der Waals surface area contributed by atoms with Gasteiger partial charge in [-0.25, -0.2) is 0 Å². The van der Waals surface area contributed by atoms with Crippen molar-refractivity contribution >= 4 is 0 Å². The number of hydrogen-bond acceptors (Lipinski definition) is 1. The third-order valence-electron chi connectivity index (χ3n) is 1.79. The Bertz CT molecular complexity index is 218. The summed E-state index contributed by atoms with van der Waals surface area (Å²) >= 11 is 0. The molecule has 0 heterocycles. The van der Waals surface area contributed by atoms with Gasteiger partial charge in [-0.3, -0.25) is 4.39 Å². The molecule has 0 aliphatic heterocycles. The van der Waals surface area contributed by atoms with Crippen molar-refractivity contribution in [2.45, 2.75) is 19.3 Å². The molecule has 66 valence electrons. The van der Waals surface area contributed by atoms with Crippen molar-refractivity contribution in [3.63, 3.8) is 0 Å². The number of unbranched alkanes of at least 4 members (excludes halogenated alkanes) is 1. The minimum Gasteiger partial charge on any atom is -0.508 e. The van der Waals surface area contributed by atoms with Crippen molar-refractivity contribution in [2.75, 3.05) is 6.67 Å². The first kappa shape index (κ1) is 9.04. The lowest BCUT2D eigenvalue weighted by atomic mass is 10.1. The number of benzene rings is 1. The van der Waals surface area contributed by atoms with Crippen LogP contribution >= 0.6 is 0 Å². The smallest absolute Gasteiger partial charge is 0.115 e. The van der Waals surface area contributed by atoms with Crippen LogP contribution in [0.2, 0.25) is 0 Å². The van der Waals surface area contributed by atoms with E-state index in [1.807, 2.05) is 12.1 Å². The first-order chi connectivity index (χ1) is 5.83. The molecule has 0 aliphatic rings. The van der Waals surface area contributed by atoms with Gasteiger partial charge in [0.15, 0.2) is 0 Å². The topological polar surface area (TPSA) is 20.2 Å². The third-order valence-corrected chi connectivity index (χ3v) is 1.79. The molecule has 0 aliphatic carbocycles. The van der Waals surface area contributed by atoms with Gasteiger partial charge in [0.05, 0.1) is 6.67 Å². The van der Waals surface area contributed by atoms with E-state index in [0.717, 1.165) is 18.4 Å². The maximum atomic E-state index is 11.7. The Kier molecular flexibility index (Phi) is 3.58. The first-order valence-electron chi connectivity index (χ1n) is 4.17. The van der Waals surface area contributed by atoms with Gasteiger partial charge in [0, 0.05) is 0 Å². The van der Waals surface area contributed by atoms with Crippen LogP contribution in [0.1, 0.15) is 18.4 Å². The molecule has 0 saturated heterocycles. The monoisotopic (exact) mass is 168 g/mol. The Balaban J connectivity index is 2.37. The molecule has 0 fully saturated rings. The highest BCUT2D eigenvalue weighted by Gasteiger charge is 1.93. The molecule has 1 aromatic carbocycles. The lowest BCUT2D eigenvalue weighted by Crippen LogP contribution is -1.85. The van der Waals surface area contributed by atoms with Crippen molar-refractivity contribution in [1.82, 2.24) is 0 Å². The summed E-state index contributed by atoms with van der Waals surface area (Å²) in [6.07, 6.45) is 2.40. The average Bonchev–Trinajstić information content (AvgIpc) is 2.09. The van der Waals surface area contributed by atoms with Crippen LogP contribution in [0, 0.1) is 0 Å². The number of hydrogen-bond donors (Lipinski definition) is 1. The standard InChI is InChI=1S/C10H13FO/c11-8-2-1-3-9-4-6-10(12)7-5-9/h4-7,12H,1-3,8H2. The fourth-order valence-electron chi connectivity index (χ4n) is 1.09. The number of phenols is 1. The molecule has 0 amide bonds. The molecule has 0 saturated carbocycles. The van der Waals surface area contributed by atoms with Crippen molar-refractivity contribution in [2.24, 2.45) is 0 Å². The first-order valence-corrected chi connectivity index (χ1v) is 4.17. The maximum Gasteiger partial charge on any atom is 0.115 e. The number of phenolic OH excluding ortho intramolecular Hbond substituents is 1. The van der Waals surface area contributed by atoms with Gasteiger partial charge in [-0.05, 0) is 37.0 Å². The van der Waals surface area contributed by atoms with E-state index >= 15 is 0 Å². The normalized spacial score (nSPS) is 10.1. The lowest BCUT2D eigenvalue weighted by molar-refractivity contribution is 0.461. The molecular formula is C10H13FO. The molecule has 1 nitrogen and oxygen atoms in total. The second kappa shape index (κ2) is 4.75. The van der Waals surface area contributed by atoms with Crippen LogP contribution < -0.4 is 0 Å². The van der Waals surface area contributed by atoms with E-state index in [0.29, 0.717) is 6.42 Å². The fourth-order valence-corrected chi connectivity index (χ4v) is 1.09. The predicted octanol–water partition coefficient (Wildman–Crippen LogP) is 2.68. The minimum absolute atomic E-state index is 0.238. The summed E-state index contributed by atoms with van der Waals surface area (Å²) in [5.41, 5.74) is 1.15. The van der Waals surface area contributed by atoms with Gasteiger partial charge >= 0.3 is 0 Å². The van der Waals surface area contributed by atoms with E-state index < -0.39 is 0 Å². The Hall–Kier alpha value is -1.05. The highest BCUT2D eigenvalue weighted by Crippen LogP contribution is 2.11. The van der Waals surface area contributed by atoms with Crippen LogP contribution in [0.15, 0.2) is 24.3 Å². The fraction of sp³-hybridized carbons (Fsp3) is 0.400. The van der Waals surface area contributed by atoms with Gasteiger partial charge in [-0.15, -0.1) is 0 Å². The second-order valence-electron chi connectivity index (χ2n) is 2.81. The molecule has 0 atom stereocenters. The molecule has 1 N–H and O–H groups in total. The summed E-state index contributed by atoms with van der Waals surface area (Å²) in [4.78, 5) is 0. The number of alkyl halides is 1. The molecule has 12 heavy (non-hydrogen) atoms. The lowest BCUT2D eigenvalue weighted by Gasteiger charge is -1.99. The second-order valence-corrected chi connectivity index (χ2v) is 2.81. The van der Waals surface area contributed by atoms with Crippen LogP contribution in [-0.2, 0) is 6.42 Å². The summed E-state index contributed by atoms with van der Waals surface area (Å²) in [6, 6.07) is 7.05. The van der Waals surface area contributed by atoms with E-state index in [4.69, 9.17) is 5.11 Å². The Labute approximate surface area is 71.9 Å². The molecule has 1 aromatic rings. The highest BCUT2D eigenvalue weighted by molar-refractivity contribution is 5.25. The SMILES string of the molecule is Oc1ccc(CCCCF)cc1. The van der Waals surface area contributed by atoms with Crippen LogP contribution in [0.3, 0.4) is 0 Å². The molecule has 0 bridgehead atoms. The molecule has 0 aromatic heterocycles. The van der Waals surface area contributed by atoms with Gasteiger partial charge in [0.25, 0.3) is 0 Å². The van der Waals surface area contributed by atoms with Crippen molar-refractivity contribution in [3.05, 3.63) is 29.8 Å². The van der Waals surface area contributed by atoms with Gasteiger partial charge in [0.1, 0.15) is 5.75 Å². The van der Waals surface area contributed by atoms with Gasteiger partial charge < -0.3 is 5.11 Å². The summed E-state index contributed by atoms with van der Waals surface area (Å²) in [5, 5.41) is 8.97. The average molecular weight is 168 g/mol. The summed E-state index contributed by atoms with van der Waals surface area (Å²) < 4.78 is 11.7. The largest absolute Gasteiger partial charge is 0.508 e. The maximum absolute atomic E-state index is 11.7. The zero-order valence-electron chi connectivity index (χ0n) is 6.96. The number of halogens is 1. The molecule has 0 radical (unpaired) electrons. The quantitative estimate of drug-likeness (QED) is 0.685. The van der Waals surface area contributed by atoms with Crippen molar-refractivity contribution < 1.29 is 9.50 Å². The van der Waals surface area contributed by atoms with Crippen molar-refractivity contribution in [3.8, 4) is 5.75 Å². The Morgan fingerprint density at radius 2 is 1.75 bits per heavy atom. The zero-order valence-corrected chi connectivity index (χ0v) is 6.96. The molecule has 0 unspecified atom stereocenters. The van der Waals surface area contributed by atoms with Gasteiger partial charge in [-0.2, -0.15) is 0 Å². The summed E-state index contributed by atoms with van der Waals surface area (Å²) in [7, 11) is 0. The van der Waals surface area contributed by atoms with Crippen molar-refractivity contribution in [1.29, 1.82) is 0 Å². The van der Waals surface area contributed by atoms with Crippen LogP contribution in [-0.4, -0.2) is 11.8 Å². The van der Waals surface area contributed by atoms with E-state index in [2.05, 4.69) is 0 Å². The Morgan fingerprint density at radius 1 is 1.08 bits per heavy atom. The molecular weight excluding hydrogens is 155 g/mol. The zero-order chi connectivity index (χ0) is 8.81. The predicted molar refractivity (Wildman–Crippen MR) is 47.0 cm³/mol. The molecule has 0 spiro atoms. The number of aromatic hydroxyl groups is 1. The van der Waals surface area contributed by atoms with E-state index in [-0.39, 0.29) is 12.4 Å².